The summed E-state index contributed by atoms with van der Waals surface area (Å²) in [5.41, 5.74) is 5.56. The van der Waals surface area contributed by atoms with Crippen molar-refractivity contribution < 1.29 is 19.5 Å². The maximum Gasteiger partial charge on any atom is 0.307 e. The van der Waals surface area contributed by atoms with Crippen LogP contribution in [0.5, 0.6) is 0 Å². The van der Waals surface area contributed by atoms with Crippen LogP contribution in [0.4, 0.5) is 0 Å². The summed E-state index contributed by atoms with van der Waals surface area (Å²) in [6.07, 6.45) is -0.252. The smallest absolute Gasteiger partial charge is 0.307 e. The Kier molecular flexibility index (Phi) is 3.35. The van der Waals surface area contributed by atoms with Crippen LogP contribution in [-0.2, 0) is 26.2 Å². The summed E-state index contributed by atoms with van der Waals surface area (Å²) in [4.78, 5) is 34.3. The molecule has 2 rings (SSSR count). The van der Waals surface area contributed by atoms with E-state index in [1.807, 2.05) is 0 Å². The predicted molar refractivity (Wildman–Crippen MR) is 66.3 cm³/mol. The van der Waals surface area contributed by atoms with E-state index in [1.54, 1.807) is 24.3 Å². The summed E-state index contributed by atoms with van der Waals surface area (Å²) in [6.45, 7) is -0.0405. The Labute approximate surface area is 109 Å². The maximum absolute atomic E-state index is 12.0. The Morgan fingerprint density at radius 1 is 1.37 bits per heavy atom. The van der Waals surface area contributed by atoms with Gasteiger partial charge in [0.05, 0.1) is 11.8 Å². The number of imide groups is 1. The summed E-state index contributed by atoms with van der Waals surface area (Å²) in [7, 11) is 0. The quantitative estimate of drug-likeness (QED) is 0.637. The van der Waals surface area contributed by atoms with E-state index in [2.05, 4.69) is 5.32 Å². The van der Waals surface area contributed by atoms with Crippen LogP contribution in [0.25, 0.3) is 0 Å². The van der Waals surface area contributed by atoms with Gasteiger partial charge in [-0.25, -0.2) is 0 Å². The molecule has 1 saturated heterocycles. The second-order valence-corrected chi connectivity index (χ2v) is 4.57. The molecule has 0 aliphatic carbocycles. The fourth-order valence-electron chi connectivity index (χ4n) is 2.44. The van der Waals surface area contributed by atoms with Gasteiger partial charge >= 0.3 is 5.97 Å². The van der Waals surface area contributed by atoms with Crippen molar-refractivity contribution >= 4 is 17.8 Å². The summed E-state index contributed by atoms with van der Waals surface area (Å²) in [6, 6.07) is 6.69. The van der Waals surface area contributed by atoms with Crippen LogP contribution in [0.2, 0.25) is 0 Å². The first-order chi connectivity index (χ1) is 8.99. The Morgan fingerprint density at radius 3 is 2.58 bits per heavy atom. The molecule has 2 amide bonds. The Morgan fingerprint density at radius 2 is 2.05 bits per heavy atom. The summed E-state index contributed by atoms with van der Waals surface area (Å²) in [5, 5.41) is 11.1. The van der Waals surface area contributed by atoms with Gasteiger partial charge in [0.2, 0.25) is 11.8 Å². The van der Waals surface area contributed by atoms with Gasteiger partial charge in [-0.15, -0.1) is 0 Å². The summed E-state index contributed by atoms with van der Waals surface area (Å²) >= 11 is 0. The highest BCUT2D eigenvalue weighted by Gasteiger charge is 2.48. The Hall–Kier alpha value is -2.21. The van der Waals surface area contributed by atoms with E-state index >= 15 is 0 Å². The first-order valence-electron chi connectivity index (χ1n) is 5.84. The molecular formula is C13H14N2O4. The van der Waals surface area contributed by atoms with Crippen LogP contribution in [0.15, 0.2) is 24.3 Å². The molecule has 1 atom stereocenters. The van der Waals surface area contributed by atoms with Gasteiger partial charge in [-0.05, 0) is 11.1 Å². The number of carbonyl (C=O) groups excluding carboxylic acids is 2. The van der Waals surface area contributed by atoms with Crippen LogP contribution in [0.1, 0.15) is 17.5 Å². The zero-order chi connectivity index (χ0) is 14.0. The second kappa shape index (κ2) is 4.81. The number of rotatable bonds is 4. The van der Waals surface area contributed by atoms with Crippen LogP contribution in [0.3, 0.4) is 0 Å². The molecule has 6 heteroatoms. The van der Waals surface area contributed by atoms with Crippen LogP contribution >= 0.6 is 0 Å². The number of amides is 2. The van der Waals surface area contributed by atoms with E-state index in [9.17, 15) is 14.4 Å². The van der Waals surface area contributed by atoms with E-state index in [1.165, 1.54) is 0 Å². The van der Waals surface area contributed by atoms with Gasteiger partial charge < -0.3 is 10.8 Å². The molecule has 4 N–H and O–H groups in total. The van der Waals surface area contributed by atoms with E-state index < -0.39 is 17.3 Å². The zero-order valence-corrected chi connectivity index (χ0v) is 10.2. The lowest BCUT2D eigenvalue weighted by Crippen LogP contribution is -2.43. The van der Waals surface area contributed by atoms with E-state index in [4.69, 9.17) is 10.8 Å². The fourth-order valence-corrected chi connectivity index (χ4v) is 2.44. The van der Waals surface area contributed by atoms with Gasteiger partial charge in [0.1, 0.15) is 0 Å². The minimum Gasteiger partial charge on any atom is -0.481 e. The number of carboxylic acid groups (broad SMARTS) is 1. The standard InChI is InChI=1S/C13H14N2O4/c14-7-13(6-10(16)15-12(13)19)9-4-2-1-3-8(9)5-11(17)18/h1-4H,5-7,14H2,(H,17,18)(H,15,16,19). The van der Waals surface area contributed by atoms with Crippen molar-refractivity contribution in [2.24, 2.45) is 5.73 Å². The van der Waals surface area contributed by atoms with Crippen molar-refractivity contribution in [3.05, 3.63) is 35.4 Å². The number of nitrogens with two attached hydrogens (primary N) is 1. The SMILES string of the molecule is NCC1(c2ccccc2CC(=O)O)CC(=O)NC1=O. The van der Waals surface area contributed by atoms with Crippen molar-refractivity contribution in [1.29, 1.82) is 0 Å². The molecule has 1 aromatic carbocycles. The van der Waals surface area contributed by atoms with Gasteiger partial charge in [0.15, 0.2) is 0 Å². The molecule has 1 unspecified atom stereocenters. The van der Waals surface area contributed by atoms with Crippen molar-refractivity contribution in [1.82, 2.24) is 5.32 Å². The lowest BCUT2D eigenvalue weighted by molar-refractivity contribution is -0.136. The highest BCUT2D eigenvalue weighted by molar-refractivity contribution is 6.09. The van der Waals surface area contributed by atoms with Crippen molar-refractivity contribution in [3.8, 4) is 0 Å². The average molecular weight is 262 g/mol. The molecule has 0 radical (unpaired) electrons. The highest BCUT2D eigenvalue weighted by Crippen LogP contribution is 2.33. The average Bonchev–Trinajstić information content (AvgIpc) is 2.65. The number of nitrogens with one attached hydrogen (secondary N) is 1. The van der Waals surface area contributed by atoms with Crippen LogP contribution in [-0.4, -0.2) is 29.4 Å². The minimum atomic E-state index is -1.15. The molecule has 0 saturated carbocycles. The van der Waals surface area contributed by atoms with Crippen molar-refractivity contribution in [2.75, 3.05) is 6.54 Å². The third kappa shape index (κ3) is 2.22. The fraction of sp³-hybridized carbons (Fsp3) is 0.308. The van der Waals surface area contributed by atoms with Gasteiger partial charge in [0.25, 0.3) is 0 Å². The van der Waals surface area contributed by atoms with Crippen molar-refractivity contribution in [2.45, 2.75) is 18.3 Å². The normalized spacial score (nSPS) is 22.4. The summed E-state index contributed by atoms with van der Waals surface area (Å²) < 4.78 is 0. The number of hydrogen-bond donors (Lipinski definition) is 3. The zero-order valence-electron chi connectivity index (χ0n) is 10.2. The number of carbonyl (C=O) groups is 3. The maximum atomic E-state index is 12.0. The van der Waals surface area contributed by atoms with Gasteiger partial charge in [-0.1, -0.05) is 24.3 Å². The number of benzene rings is 1. The number of carboxylic acids is 1. The topological polar surface area (TPSA) is 109 Å². The lowest BCUT2D eigenvalue weighted by atomic mass is 9.76. The molecule has 19 heavy (non-hydrogen) atoms. The molecule has 0 bridgehead atoms. The van der Waals surface area contributed by atoms with E-state index in [-0.39, 0.29) is 25.3 Å². The molecule has 1 aliphatic rings. The minimum absolute atomic E-state index is 0.0405. The molecular weight excluding hydrogens is 248 g/mol. The Balaban J connectivity index is 2.53. The highest BCUT2D eigenvalue weighted by atomic mass is 16.4. The molecule has 1 aliphatic heterocycles. The molecule has 0 aromatic heterocycles. The number of aliphatic carboxylic acids is 1. The van der Waals surface area contributed by atoms with Crippen LogP contribution in [0, 0.1) is 0 Å². The predicted octanol–water partition coefficient (Wildman–Crippen LogP) is -0.443. The molecule has 100 valence electrons. The van der Waals surface area contributed by atoms with Crippen LogP contribution < -0.4 is 11.1 Å². The molecule has 6 nitrogen and oxygen atoms in total. The first-order valence-corrected chi connectivity index (χ1v) is 5.84. The van der Waals surface area contributed by atoms with Gasteiger partial charge in [-0.3, -0.25) is 19.7 Å². The van der Waals surface area contributed by atoms with Gasteiger partial charge in [-0.2, -0.15) is 0 Å². The largest absolute Gasteiger partial charge is 0.481 e. The third-order valence-corrected chi connectivity index (χ3v) is 3.37. The molecule has 1 fully saturated rings. The number of hydrogen-bond acceptors (Lipinski definition) is 4. The van der Waals surface area contributed by atoms with Crippen molar-refractivity contribution in [3.63, 3.8) is 0 Å². The Bertz CT molecular complexity index is 555. The van der Waals surface area contributed by atoms with E-state index in [0.29, 0.717) is 11.1 Å². The molecule has 0 spiro atoms. The van der Waals surface area contributed by atoms with Gasteiger partial charge in [0, 0.05) is 13.0 Å². The third-order valence-electron chi connectivity index (χ3n) is 3.37. The summed E-state index contributed by atoms with van der Waals surface area (Å²) in [5.74, 6) is -1.84. The monoisotopic (exact) mass is 262 g/mol. The van der Waals surface area contributed by atoms with E-state index in [0.717, 1.165) is 0 Å². The molecule has 1 aromatic rings. The molecule has 1 heterocycles. The first kappa shape index (κ1) is 13.2. The second-order valence-electron chi connectivity index (χ2n) is 4.57. The lowest BCUT2D eigenvalue weighted by Gasteiger charge is -2.26.